The third-order valence-electron chi connectivity index (χ3n) is 4.20. The molecule has 4 heteroatoms. The molecule has 1 fully saturated rings. The molecule has 1 aliphatic rings. The largest absolute Gasteiger partial charge is 0.334 e. The first kappa shape index (κ1) is 14.5. The molecule has 2 unspecified atom stereocenters. The summed E-state index contributed by atoms with van der Waals surface area (Å²) in [4.78, 5) is 14.4. The van der Waals surface area contributed by atoms with E-state index in [0.29, 0.717) is 23.6 Å². The van der Waals surface area contributed by atoms with Gasteiger partial charge in [-0.05, 0) is 43.0 Å². The van der Waals surface area contributed by atoms with E-state index >= 15 is 0 Å². The zero-order valence-corrected chi connectivity index (χ0v) is 11.9. The van der Waals surface area contributed by atoms with E-state index in [2.05, 4.69) is 13.0 Å². The molecule has 2 atom stereocenters. The van der Waals surface area contributed by atoms with Crippen molar-refractivity contribution in [1.29, 1.82) is 5.26 Å². The lowest BCUT2D eigenvalue weighted by Crippen LogP contribution is -2.49. The highest BCUT2D eigenvalue weighted by Gasteiger charge is 2.30. The maximum absolute atomic E-state index is 12.6. The fourth-order valence-electron chi connectivity index (χ4n) is 2.85. The van der Waals surface area contributed by atoms with E-state index in [0.717, 1.165) is 25.8 Å². The summed E-state index contributed by atoms with van der Waals surface area (Å²) in [5.74, 6) is 0.702. The highest BCUT2D eigenvalue weighted by Crippen LogP contribution is 2.26. The van der Waals surface area contributed by atoms with Crippen LogP contribution in [0.15, 0.2) is 24.3 Å². The molecule has 0 saturated carbocycles. The van der Waals surface area contributed by atoms with Gasteiger partial charge in [0.05, 0.1) is 11.6 Å². The quantitative estimate of drug-likeness (QED) is 0.915. The highest BCUT2D eigenvalue weighted by atomic mass is 16.2. The van der Waals surface area contributed by atoms with Crippen molar-refractivity contribution < 1.29 is 4.79 Å². The molecule has 0 aromatic heterocycles. The van der Waals surface area contributed by atoms with Crippen LogP contribution >= 0.6 is 0 Å². The zero-order valence-electron chi connectivity index (χ0n) is 11.9. The standard InChI is InChI=1S/C16H21N3O/c1-2-12-7-8-19(15(9-12)11-18)16(20)14-5-3-13(10-17)4-6-14/h3-6,12,15H,2,7-9,11,18H2,1H3. The SMILES string of the molecule is CCC1CCN(C(=O)c2ccc(C#N)cc2)C(CN)C1. The number of piperidine rings is 1. The molecule has 1 aliphatic heterocycles. The van der Waals surface area contributed by atoms with E-state index in [4.69, 9.17) is 11.0 Å². The van der Waals surface area contributed by atoms with Crippen molar-refractivity contribution in [1.82, 2.24) is 4.90 Å². The normalized spacial score (nSPS) is 22.4. The molecule has 4 nitrogen and oxygen atoms in total. The van der Waals surface area contributed by atoms with Crippen molar-refractivity contribution in [2.24, 2.45) is 11.7 Å². The molecule has 0 bridgehead atoms. The van der Waals surface area contributed by atoms with Crippen molar-refractivity contribution in [3.05, 3.63) is 35.4 Å². The topological polar surface area (TPSA) is 70.1 Å². The van der Waals surface area contributed by atoms with Crippen molar-refractivity contribution >= 4 is 5.91 Å². The van der Waals surface area contributed by atoms with Crippen LogP contribution in [0.1, 0.15) is 42.1 Å². The second-order valence-electron chi connectivity index (χ2n) is 5.38. The number of likely N-dealkylation sites (tertiary alicyclic amines) is 1. The zero-order chi connectivity index (χ0) is 14.5. The van der Waals surface area contributed by atoms with E-state index < -0.39 is 0 Å². The third-order valence-corrected chi connectivity index (χ3v) is 4.20. The first-order valence-corrected chi connectivity index (χ1v) is 7.20. The number of carbonyl (C=O) groups is 1. The lowest BCUT2D eigenvalue weighted by molar-refractivity contribution is 0.0558. The predicted molar refractivity (Wildman–Crippen MR) is 78.1 cm³/mol. The fraction of sp³-hybridized carbons (Fsp3) is 0.500. The molecule has 1 aromatic carbocycles. The van der Waals surface area contributed by atoms with Crippen molar-refractivity contribution in [2.45, 2.75) is 32.2 Å². The molecule has 1 saturated heterocycles. The summed E-state index contributed by atoms with van der Waals surface area (Å²) in [6.07, 6.45) is 3.19. The van der Waals surface area contributed by atoms with Crippen molar-refractivity contribution in [3.8, 4) is 6.07 Å². The predicted octanol–water partition coefficient (Wildman–Crippen LogP) is 2.15. The summed E-state index contributed by atoms with van der Waals surface area (Å²) in [7, 11) is 0. The molecule has 0 radical (unpaired) electrons. The summed E-state index contributed by atoms with van der Waals surface area (Å²) in [5.41, 5.74) is 7.04. The number of rotatable bonds is 3. The number of nitrogens with zero attached hydrogens (tertiary/aromatic N) is 2. The Morgan fingerprint density at radius 1 is 1.45 bits per heavy atom. The number of carbonyl (C=O) groups excluding carboxylic acids is 1. The van der Waals surface area contributed by atoms with Crippen LogP contribution in [0.3, 0.4) is 0 Å². The van der Waals surface area contributed by atoms with Crippen LogP contribution in [-0.2, 0) is 0 Å². The molecule has 2 N–H and O–H groups in total. The number of hydrogen-bond acceptors (Lipinski definition) is 3. The number of nitrogens with two attached hydrogens (primary N) is 1. The lowest BCUT2D eigenvalue weighted by Gasteiger charge is -2.39. The molecule has 20 heavy (non-hydrogen) atoms. The van der Waals surface area contributed by atoms with Gasteiger partial charge in [0.15, 0.2) is 0 Å². The van der Waals surface area contributed by atoms with Crippen LogP contribution in [0.2, 0.25) is 0 Å². The molecule has 0 aliphatic carbocycles. The maximum Gasteiger partial charge on any atom is 0.254 e. The summed E-state index contributed by atoms with van der Waals surface area (Å²) >= 11 is 0. The van der Waals surface area contributed by atoms with Crippen molar-refractivity contribution in [3.63, 3.8) is 0 Å². The van der Waals surface area contributed by atoms with E-state index in [-0.39, 0.29) is 11.9 Å². The van der Waals surface area contributed by atoms with Gasteiger partial charge in [-0.2, -0.15) is 5.26 Å². The minimum absolute atomic E-state index is 0.0273. The van der Waals surface area contributed by atoms with Gasteiger partial charge in [-0.25, -0.2) is 0 Å². The monoisotopic (exact) mass is 271 g/mol. The van der Waals surface area contributed by atoms with Crippen LogP contribution in [0, 0.1) is 17.2 Å². The molecule has 1 heterocycles. The first-order valence-electron chi connectivity index (χ1n) is 7.20. The average Bonchev–Trinajstić information content (AvgIpc) is 2.53. The Morgan fingerprint density at radius 2 is 2.15 bits per heavy atom. The Labute approximate surface area is 120 Å². The van der Waals surface area contributed by atoms with Crippen LogP contribution in [0.5, 0.6) is 0 Å². The van der Waals surface area contributed by atoms with Crippen LogP contribution in [0.25, 0.3) is 0 Å². The molecule has 1 amide bonds. The first-order chi connectivity index (χ1) is 9.69. The van der Waals surface area contributed by atoms with Gasteiger partial charge in [0.1, 0.15) is 0 Å². The van der Waals surface area contributed by atoms with Gasteiger partial charge in [0.25, 0.3) is 5.91 Å². The second kappa shape index (κ2) is 6.53. The number of benzene rings is 1. The minimum Gasteiger partial charge on any atom is -0.334 e. The third kappa shape index (κ3) is 3.00. The van der Waals surface area contributed by atoms with E-state index in [9.17, 15) is 4.79 Å². The molecule has 2 rings (SSSR count). The van der Waals surface area contributed by atoms with Gasteiger partial charge >= 0.3 is 0 Å². The minimum atomic E-state index is 0.0273. The summed E-state index contributed by atoms with van der Waals surface area (Å²) < 4.78 is 0. The Bertz CT molecular complexity index is 503. The van der Waals surface area contributed by atoms with Gasteiger partial charge in [0, 0.05) is 24.7 Å². The summed E-state index contributed by atoms with van der Waals surface area (Å²) in [6, 6.07) is 9.01. The van der Waals surface area contributed by atoms with E-state index in [1.807, 2.05) is 4.90 Å². The Balaban J connectivity index is 2.13. The van der Waals surface area contributed by atoms with Gasteiger partial charge < -0.3 is 10.6 Å². The smallest absolute Gasteiger partial charge is 0.254 e. The Morgan fingerprint density at radius 3 is 2.70 bits per heavy atom. The van der Waals surface area contributed by atoms with Gasteiger partial charge in [-0.15, -0.1) is 0 Å². The highest BCUT2D eigenvalue weighted by molar-refractivity contribution is 5.94. The lowest BCUT2D eigenvalue weighted by atomic mass is 9.88. The molecule has 106 valence electrons. The second-order valence-corrected chi connectivity index (χ2v) is 5.38. The number of amides is 1. The van der Waals surface area contributed by atoms with Gasteiger partial charge in [0.2, 0.25) is 0 Å². The number of hydrogen-bond donors (Lipinski definition) is 1. The average molecular weight is 271 g/mol. The van der Waals surface area contributed by atoms with Crippen LogP contribution < -0.4 is 5.73 Å². The molecular weight excluding hydrogens is 250 g/mol. The van der Waals surface area contributed by atoms with Gasteiger partial charge in [-0.1, -0.05) is 13.3 Å². The summed E-state index contributed by atoms with van der Waals surface area (Å²) in [5, 5.41) is 8.79. The van der Waals surface area contributed by atoms with Crippen LogP contribution in [-0.4, -0.2) is 29.9 Å². The summed E-state index contributed by atoms with van der Waals surface area (Å²) in [6.45, 7) is 3.48. The number of nitriles is 1. The van der Waals surface area contributed by atoms with Gasteiger partial charge in [-0.3, -0.25) is 4.79 Å². The van der Waals surface area contributed by atoms with Crippen molar-refractivity contribution in [2.75, 3.05) is 13.1 Å². The van der Waals surface area contributed by atoms with Crippen LogP contribution in [0.4, 0.5) is 0 Å². The Hall–Kier alpha value is -1.86. The fourth-order valence-corrected chi connectivity index (χ4v) is 2.85. The van der Waals surface area contributed by atoms with E-state index in [1.165, 1.54) is 0 Å². The molecule has 0 spiro atoms. The maximum atomic E-state index is 12.6. The Kier molecular flexibility index (Phi) is 4.75. The molecule has 1 aromatic rings. The van der Waals surface area contributed by atoms with E-state index in [1.54, 1.807) is 24.3 Å². The molecular formula is C16H21N3O.